The van der Waals surface area contributed by atoms with Crippen molar-refractivity contribution in [3.63, 3.8) is 0 Å². The van der Waals surface area contributed by atoms with E-state index < -0.39 is 11.9 Å². The van der Waals surface area contributed by atoms with Crippen LogP contribution in [-0.2, 0) is 19.1 Å². The molecule has 1 heterocycles. The third kappa shape index (κ3) is 3.91. The van der Waals surface area contributed by atoms with Gasteiger partial charge in [-0.1, -0.05) is 12.8 Å². The Bertz CT molecular complexity index is 540. The van der Waals surface area contributed by atoms with Gasteiger partial charge in [0.2, 0.25) is 5.91 Å². The van der Waals surface area contributed by atoms with Crippen LogP contribution in [0.25, 0.3) is 0 Å². The summed E-state index contributed by atoms with van der Waals surface area (Å²) in [5.41, 5.74) is 0.536. The molecule has 6 nitrogen and oxygen atoms in total. The van der Waals surface area contributed by atoms with E-state index in [2.05, 4.69) is 5.32 Å². The van der Waals surface area contributed by atoms with Crippen molar-refractivity contribution in [3.8, 4) is 0 Å². The molecule has 0 bridgehead atoms. The molecule has 0 radical (unpaired) electrons. The maximum absolute atomic E-state index is 12.2. The Morgan fingerprint density at radius 1 is 1.32 bits per heavy atom. The Labute approximate surface area is 133 Å². The maximum atomic E-state index is 12.2. The lowest BCUT2D eigenvalue weighted by Crippen LogP contribution is -2.25. The molecule has 2 atom stereocenters. The molecule has 1 aliphatic heterocycles. The number of fused-ring (bicyclic) bond motifs is 1. The molecule has 0 saturated heterocycles. The molecular formula is C15H19NO5S. The van der Waals surface area contributed by atoms with Gasteiger partial charge in [-0.05, 0) is 19.8 Å². The third-order valence-electron chi connectivity index (χ3n) is 3.70. The lowest BCUT2D eigenvalue weighted by atomic mass is 9.84. The Morgan fingerprint density at radius 2 is 2.05 bits per heavy atom. The van der Waals surface area contributed by atoms with Gasteiger partial charge in [-0.2, -0.15) is 0 Å². The number of ether oxygens (including phenoxy) is 1. The monoisotopic (exact) mass is 325 g/mol. The Morgan fingerprint density at radius 3 is 2.73 bits per heavy atom. The minimum atomic E-state index is -1.19. The van der Waals surface area contributed by atoms with Gasteiger partial charge in [0.25, 0.3) is 0 Å². The molecule has 0 spiro atoms. The number of carboxylic acids is 1. The van der Waals surface area contributed by atoms with E-state index in [0.717, 1.165) is 37.8 Å². The molecule has 1 saturated carbocycles. The lowest BCUT2D eigenvalue weighted by Gasteiger charge is -2.25. The van der Waals surface area contributed by atoms with Gasteiger partial charge >= 0.3 is 11.9 Å². The molecule has 0 aromatic rings. The average molecular weight is 325 g/mol. The molecule has 1 aliphatic carbocycles. The normalized spacial score (nSPS) is 24.2. The van der Waals surface area contributed by atoms with E-state index in [1.54, 1.807) is 6.92 Å². The highest BCUT2D eigenvalue weighted by Gasteiger charge is 2.41. The molecule has 7 heteroatoms. The van der Waals surface area contributed by atoms with Crippen LogP contribution in [0.1, 0.15) is 32.6 Å². The fourth-order valence-corrected chi connectivity index (χ4v) is 4.35. The van der Waals surface area contributed by atoms with Crippen molar-refractivity contribution in [2.45, 2.75) is 37.9 Å². The number of thioether (sulfide) groups is 1. The van der Waals surface area contributed by atoms with E-state index in [1.807, 2.05) is 0 Å². The molecule has 1 fully saturated rings. The maximum Gasteiger partial charge on any atom is 0.336 e. The smallest absolute Gasteiger partial charge is 0.336 e. The Hall–Kier alpha value is -1.76. The second-order valence-electron chi connectivity index (χ2n) is 5.17. The number of carbonyl (C=O) groups excluding carboxylic acids is 2. The highest BCUT2D eigenvalue weighted by atomic mass is 32.2. The molecule has 0 aromatic heterocycles. The van der Waals surface area contributed by atoms with Crippen LogP contribution in [0.4, 0.5) is 0 Å². The van der Waals surface area contributed by atoms with E-state index >= 15 is 0 Å². The fraction of sp³-hybridized carbons (Fsp3) is 0.533. The number of hydrogen-bond acceptors (Lipinski definition) is 5. The number of amides is 1. The third-order valence-corrected chi connectivity index (χ3v) is 5.12. The summed E-state index contributed by atoms with van der Waals surface area (Å²) >= 11 is 1.48. The second-order valence-corrected chi connectivity index (χ2v) is 6.42. The van der Waals surface area contributed by atoms with Crippen molar-refractivity contribution in [1.29, 1.82) is 0 Å². The number of carboxylic acid groups (broad SMARTS) is 1. The van der Waals surface area contributed by atoms with Gasteiger partial charge in [0.1, 0.15) is 0 Å². The number of carbonyl (C=O) groups is 3. The van der Waals surface area contributed by atoms with Crippen molar-refractivity contribution in [1.82, 2.24) is 5.32 Å². The molecule has 22 heavy (non-hydrogen) atoms. The quantitative estimate of drug-likeness (QED) is 0.592. The highest BCUT2D eigenvalue weighted by Crippen LogP contribution is 2.48. The SMILES string of the molecule is CCOC(=O)C1=C(NC(=O)/C=C/C(=O)O)S[C@H]2CCCC[C@@H]12. The topological polar surface area (TPSA) is 92.7 Å². The summed E-state index contributed by atoms with van der Waals surface area (Å²) in [6.45, 7) is 2.03. The standard InChI is InChI=1S/C15H19NO5S/c1-2-21-15(20)13-9-5-3-4-6-10(9)22-14(13)16-11(17)7-8-12(18)19/h7-10H,2-6H2,1H3,(H,16,17)(H,18,19)/b8-7+/t9-,10+/m1/s1. The van der Waals surface area contributed by atoms with Crippen LogP contribution < -0.4 is 5.32 Å². The number of nitrogens with one attached hydrogen (secondary N) is 1. The summed E-state index contributed by atoms with van der Waals surface area (Å²) in [6, 6.07) is 0. The van der Waals surface area contributed by atoms with Crippen molar-refractivity contribution in [2.75, 3.05) is 6.61 Å². The molecule has 2 rings (SSSR count). The molecule has 0 unspecified atom stereocenters. The first-order valence-electron chi connectivity index (χ1n) is 7.32. The van der Waals surface area contributed by atoms with Gasteiger partial charge in [0.05, 0.1) is 17.2 Å². The number of aliphatic carboxylic acids is 1. The van der Waals surface area contributed by atoms with E-state index in [-0.39, 0.29) is 23.7 Å². The summed E-state index contributed by atoms with van der Waals surface area (Å²) in [4.78, 5) is 34.4. The summed E-state index contributed by atoms with van der Waals surface area (Å²) < 4.78 is 5.11. The predicted octanol–water partition coefficient (Wildman–Crippen LogP) is 1.82. The van der Waals surface area contributed by atoms with E-state index in [9.17, 15) is 14.4 Å². The number of esters is 1. The van der Waals surface area contributed by atoms with Crippen molar-refractivity contribution < 1.29 is 24.2 Å². The molecule has 1 amide bonds. The van der Waals surface area contributed by atoms with Gasteiger partial charge in [-0.3, -0.25) is 4.79 Å². The van der Waals surface area contributed by atoms with Crippen LogP contribution >= 0.6 is 11.8 Å². The molecule has 0 aromatic carbocycles. The first-order chi connectivity index (χ1) is 10.5. The largest absolute Gasteiger partial charge is 0.478 e. The van der Waals surface area contributed by atoms with Gasteiger partial charge in [0, 0.05) is 23.3 Å². The predicted molar refractivity (Wildman–Crippen MR) is 81.9 cm³/mol. The minimum Gasteiger partial charge on any atom is -0.478 e. The van der Waals surface area contributed by atoms with Gasteiger partial charge in [-0.25, -0.2) is 9.59 Å². The summed E-state index contributed by atoms with van der Waals surface area (Å²) in [7, 11) is 0. The summed E-state index contributed by atoms with van der Waals surface area (Å²) in [6.07, 6.45) is 5.81. The minimum absolute atomic E-state index is 0.108. The molecular weight excluding hydrogens is 306 g/mol. The van der Waals surface area contributed by atoms with Crippen molar-refractivity contribution in [2.24, 2.45) is 5.92 Å². The second kappa shape index (κ2) is 7.49. The van der Waals surface area contributed by atoms with E-state index in [1.165, 1.54) is 11.8 Å². The highest BCUT2D eigenvalue weighted by molar-refractivity contribution is 8.04. The van der Waals surface area contributed by atoms with Crippen LogP contribution in [-0.4, -0.2) is 34.8 Å². The van der Waals surface area contributed by atoms with E-state index in [0.29, 0.717) is 10.6 Å². The van der Waals surface area contributed by atoms with Crippen LogP contribution in [0.3, 0.4) is 0 Å². The van der Waals surface area contributed by atoms with E-state index in [4.69, 9.17) is 9.84 Å². The zero-order valence-corrected chi connectivity index (χ0v) is 13.1. The van der Waals surface area contributed by atoms with Gasteiger partial charge in [-0.15, -0.1) is 11.8 Å². The molecule has 120 valence electrons. The van der Waals surface area contributed by atoms with Gasteiger partial charge in [0.15, 0.2) is 0 Å². The molecule has 2 N–H and O–H groups in total. The van der Waals surface area contributed by atoms with Crippen LogP contribution in [0.2, 0.25) is 0 Å². The van der Waals surface area contributed by atoms with Crippen molar-refractivity contribution in [3.05, 3.63) is 22.8 Å². The zero-order chi connectivity index (χ0) is 16.1. The average Bonchev–Trinajstić information content (AvgIpc) is 2.83. The molecule has 2 aliphatic rings. The first-order valence-corrected chi connectivity index (χ1v) is 8.20. The summed E-state index contributed by atoms with van der Waals surface area (Å²) in [5, 5.41) is 12.0. The van der Waals surface area contributed by atoms with Crippen LogP contribution in [0.15, 0.2) is 22.8 Å². The number of rotatable bonds is 5. The number of hydrogen-bond donors (Lipinski definition) is 2. The summed E-state index contributed by atoms with van der Waals surface area (Å²) in [5.74, 6) is -2.02. The van der Waals surface area contributed by atoms with Gasteiger partial charge < -0.3 is 15.2 Å². The Balaban J connectivity index is 2.18. The first kappa shape index (κ1) is 16.6. The van der Waals surface area contributed by atoms with Crippen molar-refractivity contribution >= 4 is 29.6 Å². The van der Waals surface area contributed by atoms with Crippen LogP contribution in [0.5, 0.6) is 0 Å². The Kier molecular flexibility index (Phi) is 5.65. The zero-order valence-electron chi connectivity index (χ0n) is 12.3. The van der Waals surface area contributed by atoms with Crippen LogP contribution in [0, 0.1) is 5.92 Å². The fourth-order valence-electron chi connectivity index (χ4n) is 2.80. The lowest BCUT2D eigenvalue weighted by molar-refractivity contribution is -0.139.